The number of urea groups is 1. The lowest BCUT2D eigenvalue weighted by Gasteiger charge is -2.29. The van der Waals surface area contributed by atoms with Crippen molar-refractivity contribution in [3.63, 3.8) is 0 Å². The second kappa shape index (κ2) is 9.43. The van der Waals surface area contributed by atoms with E-state index in [-0.39, 0.29) is 18.2 Å². The second-order valence-electron chi connectivity index (χ2n) is 7.43. The van der Waals surface area contributed by atoms with Crippen LogP contribution >= 0.6 is 0 Å². The van der Waals surface area contributed by atoms with Crippen LogP contribution in [0, 0.1) is 0 Å². The normalized spacial score (nSPS) is 18.6. The molecule has 30 heavy (non-hydrogen) atoms. The third-order valence-electron chi connectivity index (χ3n) is 5.43. The molecule has 1 saturated carbocycles. The van der Waals surface area contributed by atoms with Crippen molar-refractivity contribution in [3.05, 3.63) is 60.4 Å². The number of carbonyl (C=O) groups excluding carboxylic acids is 1. The lowest BCUT2D eigenvalue weighted by molar-refractivity contribution is 0.129. The number of rotatable bonds is 6. The molecule has 0 aliphatic heterocycles. The van der Waals surface area contributed by atoms with Crippen LogP contribution in [-0.2, 0) is 6.54 Å². The molecule has 0 bridgehead atoms. The van der Waals surface area contributed by atoms with Crippen molar-refractivity contribution < 1.29 is 14.3 Å². The van der Waals surface area contributed by atoms with Gasteiger partial charge in [-0.2, -0.15) is 0 Å². The molecule has 7 heteroatoms. The first-order chi connectivity index (χ1) is 14.7. The zero-order valence-corrected chi connectivity index (χ0v) is 17.0. The van der Waals surface area contributed by atoms with Gasteiger partial charge in [-0.05, 0) is 42.0 Å². The molecule has 1 aromatic heterocycles. The Morgan fingerprint density at radius 3 is 2.53 bits per heavy atom. The van der Waals surface area contributed by atoms with E-state index in [2.05, 4.69) is 38.8 Å². The molecule has 1 heterocycles. The molecule has 156 valence electrons. The van der Waals surface area contributed by atoms with Crippen molar-refractivity contribution in [1.29, 1.82) is 0 Å². The summed E-state index contributed by atoms with van der Waals surface area (Å²) in [4.78, 5) is 20.7. The number of hydrogen-bond acceptors (Lipinski definition) is 5. The average molecular weight is 406 g/mol. The maximum Gasteiger partial charge on any atom is 0.315 e. The highest BCUT2D eigenvalue weighted by atomic mass is 16.5. The van der Waals surface area contributed by atoms with Gasteiger partial charge in [0.15, 0.2) is 0 Å². The van der Waals surface area contributed by atoms with E-state index in [1.807, 2.05) is 24.3 Å². The Morgan fingerprint density at radius 1 is 1.00 bits per heavy atom. The molecule has 0 radical (unpaired) electrons. The number of ether oxygens (including phenoxy) is 2. The predicted octanol–water partition coefficient (Wildman–Crippen LogP) is 3.83. The first-order valence-electron chi connectivity index (χ1n) is 10.3. The number of methoxy groups -OCH3 is 1. The van der Waals surface area contributed by atoms with Gasteiger partial charge in [-0.3, -0.25) is 0 Å². The van der Waals surface area contributed by atoms with E-state index >= 15 is 0 Å². The number of aromatic nitrogens is 2. The summed E-state index contributed by atoms with van der Waals surface area (Å²) >= 11 is 0. The number of carbonyl (C=O) groups is 1. The molecule has 2 aromatic carbocycles. The quantitative estimate of drug-likeness (QED) is 0.650. The van der Waals surface area contributed by atoms with Gasteiger partial charge in [0.05, 0.1) is 7.11 Å². The summed E-state index contributed by atoms with van der Waals surface area (Å²) in [6.45, 7) is 0.498. The molecular weight excluding hydrogens is 380 g/mol. The lowest BCUT2D eigenvalue weighted by atomic mass is 9.93. The highest BCUT2D eigenvalue weighted by Gasteiger charge is 2.25. The van der Waals surface area contributed by atoms with E-state index in [9.17, 15) is 4.79 Å². The number of fused-ring (bicyclic) bond motifs is 1. The van der Waals surface area contributed by atoms with Gasteiger partial charge >= 0.3 is 6.03 Å². The predicted molar refractivity (Wildman–Crippen MR) is 115 cm³/mol. The van der Waals surface area contributed by atoms with Crippen LogP contribution in [-0.4, -0.2) is 35.3 Å². The number of amides is 2. The van der Waals surface area contributed by atoms with Gasteiger partial charge in [0.1, 0.15) is 6.10 Å². The fourth-order valence-electron chi connectivity index (χ4n) is 3.87. The summed E-state index contributed by atoms with van der Waals surface area (Å²) in [5, 5.41) is 8.41. The monoisotopic (exact) mass is 406 g/mol. The summed E-state index contributed by atoms with van der Waals surface area (Å²) in [5.74, 6) is 0.815. The highest BCUT2D eigenvalue weighted by Crippen LogP contribution is 2.27. The van der Waals surface area contributed by atoms with Gasteiger partial charge in [-0.25, -0.2) is 14.8 Å². The van der Waals surface area contributed by atoms with Gasteiger partial charge in [-0.1, -0.05) is 42.5 Å². The molecule has 0 unspecified atom stereocenters. The fourth-order valence-corrected chi connectivity index (χ4v) is 3.87. The van der Waals surface area contributed by atoms with E-state index in [4.69, 9.17) is 9.47 Å². The lowest BCUT2D eigenvalue weighted by Crippen LogP contribution is -2.44. The smallest absolute Gasteiger partial charge is 0.315 e. The molecule has 7 nitrogen and oxygen atoms in total. The average Bonchev–Trinajstić information content (AvgIpc) is 2.79. The van der Waals surface area contributed by atoms with Crippen LogP contribution in [0.15, 0.2) is 54.9 Å². The minimum atomic E-state index is -0.136. The molecule has 0 atom stereocenters. The molecule has 4 rings (SSSR count). The largest absolute Gasteiger partial charge is 0.477 e. The van der Waals surface area contributed by atoms with Crippen LogP contribution in [0.2, 0.25) is 0 Å². The first-order valence-corrected chi connectivity index (χ1v) is 10.3. The molecule has 3 aromatic rings. The standard InChI is InChI=1S/C23H26N4O3/c1-29-21-22(25-14-13-24-21)30-19-11-9-18(10-12-19)27-23(28)26-15-17-7-4-6-16-5-2-3-8-20(16)17/h2-8,13-14,18-19H,9-12,15H2,1H3,(H2,26,27,28). The van der Waals surface area contributed by atoms with E-state index in [0.29, 0.717) is 18.3 Å². The van der Waals surface area contributed by atoms with Gasteiger partial charge in [0, 0.05) is 25.0 Å². The van der Waals surface area contributed by atoms with Crippen molar-refractivity contribution in [1.82, 2.24) is 20.6 Å². The van der Waals surface area contributed by atoms with Crippen molar-refractivity contribution in [2.75, 3.05) is 7.11 Å². The zero-order valence-electron chi connectivity index (χ0n) is 17.0. The van der Waals surface area contributed by atoms with Crippen LogP contribution in [0.1, 0.15) is 31.2 Å². The summed E-state index contributed by atoms with van der Waals surface area (Å²) in [7, 11) is 1.55. The maximum absolute atomic E-state index is 12.4. The third-order valence-corrected chi connectivity index (χ3v) is 5.43. The van der Waals surface area contributed by atoms with E-state index in [1.165, 1.54) is 5.39 Å². The van der Waals surface area contributed by atoms with Crippen molar-refractivity contribution >= 4 is 16.8 Å². The Kier molecular flexibility index (Phi) is 6.27. The summed E-state index contributed by atoms with van der Waals surface area (Å²) in [5.41, 5.74) is 1.11. The zero-order chi connectivity index (χ0) is 20.8. The van der Waals surface area contributed by atoms with E-state index in [1.54, 1.807) is 19.5 Å². The third kappa shape index (κ3) is 4.79. The molecule has 0 spiro atoms. The molecular formula is C23H26N4O3. The van der Waals surface area contributed by atoms with Gasteiger partial charge < -0.3 is 20.1 Å². The minimum absolute atomic E-state index is 0.0485. The summed E-state index contributed by atoms with van der Waals surface area (Å²) in [6.07, 6.45) is 6.60. The SMILES string of the molecule is COc1nccnc1OC1CCC(NC(=O)NCc2cccc3ccccc23)CC1. The van der Waals surface area contributed by atoms with Gasteiger partial charge in [-0.15, -0.1) is 0 Å². The fraction of sp³-hybridized carbons (Fsp3) is 0.348. The molecule has 2 amide bonds. The number of hydrogen-bond donors (Lipinski definition) is 2. The van der Waals surface area contributed by atoms with Crippen molar-refractivity contribution in [2.24, 2.45) is 0 Å². The van der Waals surface area contributed by atoms with Crippen LogP contribution in [0.3, 0.4) is 0 Å². The molecule has 1 aliphatic rings. The van der Waals surface area contributed by atoms with Crippen molar-refractivity contribution in [3.8, 4) is 11.8 Å². The number of benzene rings is 2. The topological polar surface area (TPSA) is 85.4 Å². The van der Waals surface area contributed by atoms with Crippen LogP contribution in [0.25, 0.3) is 10.8 Å². The van der Waals surface area contributed by atoms with E-state index in [0.717, 1.165) is 36.6 Å². The van der Waals surface area contributed by atoms with Crippen LogP contribution < -0.4 is 20.1 Å². The molecule has 1 fully saturated rings. The Balaban J connectivity index is 1.24. The molecule has 1 aliphatic carbocycles. The first kappa shape index (κ1) is 19.9. The molecule has 0 saturated heterocycles. The Bertz CT molecular complexity index is 997. The second-order valence-corrected chi connectivity index (χ2v) is 7.43. The van der Waals surface area contributed by atoms with Gasteiger partial charge in [0.2, 0.25) is 0 Å². The maximum atomic E-state index is 12.4. The summed E-state index contributed by atoms with van der Waals surface area (Å²) in [6, 6.07) is 14.3. The van der Waals surface area contributed by atoms with Crippen LogP contribution in [0.5, 0.6) is 11.8 Å². The van der Waals surface area contributed by atoms with Crippen LogP contribution in [0.4, 0.5) is 4.79 Å². The Morgan fingerprint density at radius 2 is 1.73 bits per heavy atom. The van der Waals surface area contributed by atoms with E-state index < -0.39 is 0 Å². The number of nitrogens with zero attached hydrogens (tertiary/aromatic N) is 2. The van der Waals surface area contributed by atoms with Gasteiger partial charge in [0.25, 0.3) is 11.8 Å². The summed E-state index contributed by atoms with van der Waals surface area (Å²) < 4.78 is 11.1. The van der Waals surface area contributed by atoms with Crippen molar-refractivity contribution in [2.45, 2.75) is 44.4 Å². The number of nitrogens with one attached hydrogen (secondary N) is 2. The Hall–Kier alpha value is -3.35. The molecule has 2 N–H and O–H groups in total. The minimum Gasteiger partial charge on any atom is -0.477 e. The highest BCUT2D eigenvalue weighted by molar-refractivity contribution is 5.86. The Labute approximate surface area is 175 Å².